The Labute approximate surface area is 177 Å². The van der Waals surface area contributed by atoms with E-state index in [2.05, 4.69) is 5.32 Å². The van der Waals surface area contributed by atoms with E-state index in [1.165, 1.54) is 0 Å². The van der Waals surface area contributed by atoms with Crippen LogP contribution in [0.1, 0.15) is 53.2 Å². The van der Waals surface area contributed by atoms with Crippen molar-refractivity contribution in [3.8, 4) is 11.5 Å². The third-order valence-electron chi connectivity index (χ3n) is 6.13. The molecular weight excluding hydrogens is 380 g/mol. The van der Waals surface area contributed by atoms with Crippen LogP contribution in [0.4, 0.5) is 0 Å². The molecule has 6 heteroatoms. The van der Waals surface area contributed by atoms with Crippen molar-refractivity contribution in [2.45, 2.75) is 44.2 Å². The fraction of sp³-hybridized carbons (Fsp3) is 0.417. The number of ether oxygens (including phenoxy) is 2. The maximum atomic E-state index is 13.2. The fourth-order valence-corrected chi connectivity index (χ4v) is 4.63. The lowest BCUT2D eigenvalue weighted by Crippen LogP contribution is -2.44. The SMILES string of the molecule is COc1ccc(CCNC(=O)C2c3ccccc3C(=O)N2C2CCCC2)cc1OC. The molecule has 1 atom stereocenters. The molecule has 4 rings (SSSR count). The van der Waals surface area contributed by atoms with Crippen LogP contribution in [0.5, 0.6) is 11.5 Å². The van der Waals surface area contributed by atoms with E-state index in [4.69, 9.17) is 9.47 Å². The van der Waals surface area contributed by atoms with Gasteiger partial charge in [-0.3, -0.25) is 9.59 Å². The zero-order valence-corrected chi connectivity index (χ0v) is 17.5. The normalized spacial score (nSPS) is 18.4. The lowest BCUT2D eigenvalue weighted by molar-refractivity contribution is -0.126. The Balaban J connectivity index is 1.47. The summed E-state index contributed by atoms with van der Waals surface area (Å²) in [6, 6.07) is 12.8. The molecule has 1 saturated carbocycles. The molecule has 2 aromatic rings. The lowest BCUT2D eigenvalue weighted by Gasteiger charge is -2.30. The summed E-state index contributed by atoms with van der Waals surface area (Å²) in [5.74, 6) is 1.22. The smallest absolute Gasteiger partial charge is 0.255 e. The second kappa shape index (κ2) is 8.78. The number of methoxy groups -OCH3 is 2. The number of nitrogens with one attached hydrogen (secondary N) is 1. The van der Waals surface area contributed by atoms with Crippen molar-refractivity contribution >= 4 is 11.8 Å². The van der Waals surface area contributed by atoms with Crippen LogP contribution in [0.3, 0.4) is 0 Å². The number of carbonyl (C=O) groups excluding carboxylic acids is 2. The van der Waals surface area contributed by atoms with Crippen LogP contribution in [0.15, 0.2) is 42.5 Å². The molecule has 30 heavy (non-hydrogen) atoms. The second-order valence-corrected chi connectivity index (χ2v) is 7.87. The molecule has 0 saturated heterocycles. The van der Waals surface area contributed by atoms with Gasteiger partial charge in [0, 0.05) is 18.2 Å². The zero-order valence-electron chi connectivity index (χ0n) is 17.5. The first kappa shape index (κ1) is 20.3. The monoisotopic (exact) mass is 408 g/mol. The van der Waals surface area contributed by atoms with Gasteiger partial charge in [-0.25, -0.2) is 0 Å². The zero-order chi connectivity index (χ0) is 21.1. The Morgan fingerprint density at radius 1 is 1.07 bits per heavy atom. The topological polar surface area (TPSA) is 67.9 Å². The molecule has 2 aliphatic rings. The first-order chi connectivity index (χ1) is 14.6. The summed E-state index contributed by atoms with van der Waals surface area (Å²) in [5.41, 5.74) is 2.52. The molecule has 2 aromatic carbocycles. The van der Waals surface area contributed by atoms with Crippen molar-refractivity contribution < 1.29 is 19.1 Å². The first-order valence-electron chi connectivity index (χ1n) is 10.5. The van der Waals surface area contributed by atoms with E-state index in [0.717, 1.165) is 36.8 Å². The quantitative estimate of drug-likeness (QED) is 0.761. The van der Waals surface area contributed by atoms with Gasteiger partial charge in [-0.05, 0) is 48.6 Å². The third-order valence-corrected chi connectivity index (χ3v) is 6.13. The van der Waals surface area contributed by atoms with Gasteiger partial charge < -0.3 is 19.7 Å². The van der Waals surface area contributed by atoms with Gasteiger partial charge in [0.05, 0.1) is 14.2 Å². The molecule has 0 spiro atoms. The molecule has 1 fully saturated rings. The van der Waals surface area contributed by atoms with Crippen LogP contribution in [0.2, 0.25) is 0 Å². The summed E-state index contributed by atoms with van der Waals surface area (Å²) in [7, 11) is 3.21. The van der Waals surface area contributed by atoms with Gasteiger partial charge in [-0.15, -0.1) is 0 Å². The number of fused-ring (bicyclic) bond motifs is 1. The van der Waals surface area contributed by atoms with Crippen LogP contribution < -0.4 is 14.8 Å². The summed E-state index contributed by atoms with van der Waals surface area (Å²) < 4.78 is 10.6. The van der Waals surface area contributed by atoms with Crippen LogP contribution in [0, 0.1) is 0 Å². The van der Waals surface area contributed by atoms with Crippen LogP contribution in [-0.2, 0) is 11.2 Å². The van der Waals surface area contributed by atoms with Crippen molar-refractivity contribution in [1.82, 2.24) is 10.2 Å². The minimum Gasteiger partial charge on any atom is -0.493 e. The molecule has 6 nitrogen and oxygen atoms in total. The molecule has 0 radical (unpaired) electrons. The summed E-state index contributed by atoms with van der Waals surface area (Å²) in [5, 5.41) is 3.05. The van der Waals surface area contributed by atoms with Gasteiger partial charge in [0.25, 0.3) is 5.91 Å². The van der Waals surface area contributed by atoms with Gasteiger partial charge in [-0.2, -0.15) is 0 Å². The van der Waals surface area contributed by atoms with Crippen LogP contribution >= 0.6 is 0 Å². The average Bonchev–Trinajstić information content (AvgIpc) is 3.40. The number of amides is 2. The Morgan fingerprint density at radius 2 is 1.80 bits per heavy atom. The summed E-state index contributed by atoms with van der Waals surface area (Å²) in [4.78, 5) is 28.1. The molecule has 1 unspecified atom stereocenters. The number of hydrogen-bond acceptors (Lipinski definition) is 4. The maximum absolute atomic E-state index is 13.2. The van der Waals surface area contributed by atoms with Gasteiger partial charge in [-0.1, -0.05) is 37.1 Å². The van der Waals surface area contributed by atoms with Gasteiger partial charge in [0.2, 0.25) is 5.91 Å². The highest BCUT2D eigenvalue weighted by Crippen LogP contribution is 2.39. The molecule has 0 aromatic heterocycles. The highest BCUT2D eigenvalue weighted by Gasteiger charge is 2.44. The molecule has 2 amide bonds. The van der Waals surface area contributed by atoms with Crippen molar-refractivity contribution in [2.24, 2.45) is 0 Å². The van der Waals surface area contributed by atoms with Gasteiger partial charge in [0.1, 0.15) is 6.04 Å². The van der Waals surface area contributed by atoms with Crippen molar-refractivity contribution in [3.05, 3.63) is 59.2 Å². The van der Waals surface area contributed by atoms with Crippen molar-refractivity contribution in [3.63, 3.8) is 0 Å². The number of hydrogen-bond donors (Lipinski definition) is 1. The standard InChI is InChI=1S/C24H28N2O4/c1-29-20-12-11-16(15-21(20)30-2)13-14-25-23(27)22-18-9-5-6-10-19(18)24(28)26(22)17-7-3-4-8-17/h5-6,9-12,15,17,22H,3-4,7-8,13-14H2,1-2H3,(H,25,27). The number of benzene rings is 2. The molecule has 1 N–H and O–H groups in total. The van der Waals surface area contributed by atoms with E-state index in [9.17, 15) is 9.59 Å². The Morgan fingerprint density at radius 3 is 2.53 bits per heavy atom. The Bertz CT molecular complexity index is 937. The largest absolute Gasteiger partial charge is 0.493 e. The summed E-state index contributed by atoms with van der Waals surface area (Å²) in [6.07, 6.45) is 4.82. The molecule has 1 aliphatic carbocycles. The lowest BCUT2D eigenvalue weighted by atomic mass is 10.0. The van der Waals surface area contributed by atoms with Crippen LogP contribution in [0.25, 0.3) is 0 Å². The minimum atomic E-state index is -0.540. The van der Waals surface area contributed by atoms with Crippen LogP contribution in [-0.4, -0.2) is 43.5 Å². The fourth-order valence-electron chi connectivity index (χ4n) is 4.63. The third kappa shape index (κ3) is 3.74. The maximum Gasteiger partial charge on any atom is 0.255 e. The minimum absolute atomic E-state index is 0.0162. The Kier molecular flexibility index (Phi) is 5.93. The van der Waals surface area contributed by atoms with Gasteiger partial charge >= 0.3 is 0 Å². The van der Waals surface area contributed by atoms with Gasteiger partial charge in [0.15, 0.2) is 11.5 Å². The number of carbonyl (C=O) groups is 2. The second-order valence-electron chi connectivity index (χ2n) is 7.87. The van der Waals surface area contributed by atoms with E-state index in [1.54, 1.807) is 14.2 Å². The molecule has 1 aliphatic heterocycles. The molecule has 158 valence electrons. The highest BCUT2D eigenvalue weighted by molar-refractivity contribution is 6.04. The van der Waals surface area contributed by atoms with Crippen molar-refractivity contribution in [1.29, 1.82) is 0 Å². The average molecular weight is 408 g/mol. The van der Waals surface area contributed by atoms with Crippen molar-refractivity contribution in [2.75, 3.05) is 20.8 Å². The van der Waals surface area contributed by atoms with E-state index < -0.39 is 6.04 Å². The number of rotatable bonds is 7. The Hall–Kier alpha value is -3.02. The predicted molar refractivity (Wildman–Crippen MR) is 114 cm³/mol. The van der Waals surface area contributed by atoms with E-state index in [-0.39, 0.29) is 17.9 Å². The highest BCUT2D eigenvalue weighted by atomic mass is 16.5. The van der Waals surface area contributed by atoms with E-state index in [1.807, 2.05) is 47.4 Å². The molecular formula is C24H28N2O4. The predicted octanol–water partition coefficient (Wildman–Crippen LogP) is 3.50. The summed E-state index contributed by atoms with van der Waals surface area (Å²) >= 11 is 0. The van der Waals surface area contributed by atoms with E-state index >= 15 is 0 Å². The first-order valence-corrected chi connectivity index (χ1v) is 10.5. The van der Waals surface area contributed by atoms with E-state index in [0.29, 0.717) is 30.0 Å². The molecule has 1 heterocycles. The summed E-state index contributed by atoms with van der Waals surface area (Å²) in [6.45, 7) is 0.486. The number of nitrogens with zero attached hydrogens (tertiary/aromatic N) is 1. The molecule has 0 bridgehead atoms.